The maximum absolute atomic E-state index is 10.2. The first-order valence-corrected chi connectivity index (χ1v) is 5.73. The molecule has 0 aliphatic heterocycles. The van der Waals surface area contributed by atoms with Gasteiger partial charge in [-0.2, -0.15) is 0 Å². The van der Waals surface area contributed by atoms with Crippen LogP contribution in [0.5, 0.6) is 0 Å². The van der Waals surface area contributed by atoms with Gasteiger partial charge in [0.25, 0.3) is 0 Å². The Kier molecular flexibility index (Phi) is 2.98. The van der Waals surface area contributed by atoms with Crippen LogP contribution in [0.4, 0.5) is 0 Å². The van der Waals surface area contributed by atoms with Crippen molar-refractivity contribution in [2.45, 2.75) is 13.3 Å². The van der Waals surface area contributed by atoms with Crippen LogP contribution >= 0.6 is 0 Å². The van der Waals surface area contributed by atoms with E-state index in [1.54, 1.807) is 12.2 Å². The molecular weight excluding hydrogens is 216 g/mol. The molecule has 0 unspecified atom stereocenters. The molecule has 4 heteroatoms. The molecule has 0 amide bonds. The Labute approximate surface area is 101 Å². The van der Waals surface area contributed by atoms with Crippen molar-refractivity contribution in [3.63, 3.8) is 0 Å². The molecule has 0 saturated carbocycles. The summed E-state index contributed by atoms with van der Waals surface area (Å²) in [4.78, 5) is 0. The molecule has 0 aromatic heterocycles. The standard InChI is InChI=1S/C13H18N2O2/c1-4-15(14(2)3)12-8-9-7-10(16)5-6-11(9)13(12)17/h5-6,8,16-17H,4,7H2,1-3H3. The largest absolute Gasteiger partial charge is 0.512 e. The summed E-state index contributed by atoms with van der Waals surface area (Å²) in [5.41, 5.74) is 2.58. The molecule has 0 spiro atoms. The average molecular weight is 234 g/mol. The molecule has 0 saturated heterocycles. The van der Waals surface area contributed by atoms with Gasteiger partial charge in [0.2, 0.25) is 0 Å². The Hall–Kier alpha value is -1.68. The van der Waals surface area contributed by atoms with E-state index < -0.39 is 0 Å². The Balaban J connectivity index is 2.37. The number of nitrogens with zero attached hydrogens (tertiary/aromatic N) is 2. The fourth-order valence-corrected chi connectivity index (χ4v) is 2.23. The van der Waals surface area contributed by atoms with Gasteiger partial charge < -0.3 is 15.2 Å². The molecule has 0 radical (unpaired) electrons. The number of hydrogen-bond acceptors (Lipinski definition) is 4. The quantitative estimate of drug-likeness (QED) is 0.735. The van der Waals surface area contributed by atoms with Crippen LogP contribution < -0.4 is 0 Å². The highest BCUT2D eigenvalue weighted by Gasteiger charge is 2.27. The van der Waals surface area contributed by atoms with E-state index >= 15 is 0 Å². The fraction of sp³-hybridized carbons (Fsp3) is 0.385. The molecule has 2 N–H and O–H groups in total. The third-order valence-corrected chi connectivity index (χ3v) is 3.03. The SMILES string of the molecule is CCN(C1=C(O)C2=CC=C(O)CC2=C1)N(C)C. The van der Waals surface area contributed by atoms with E-state index in [-0.39, 0.29) is 0 Å². The van der Waals surface area contributed by atoms with Crippen molar-refractivity contribution in [3.05, 3.63) is 46.6 Å². The highest BCUT2D eigenvalue weighted by molar-refractivity contribution is 5.59. The van der Waals surface area contributed by atoms with E-state index in [1.807, 2.05) is 37.1 Å². The summed E-state index contributed by atoms with van der Waals surface area (Å²) >= 11 is 0. The summed E-state index contributed by atoms with van der Waals surface area (Å²) in [5, 5.41) is 23.6. The van der Waals surface area contributed by atoms with Crippen LogP contribution in [0.1, 0.15) is 13.3 Å². The summed E-state index contributed by atoms with van der Waals surface area (Å²) in [5.74, 6) is 0.626. The lowest BCUT2D eigenvalue weighted by atomic mass is 9.99. The number of fused-ring (bicyclic) bond motifs is 1. The lowest BCUT2D eigenvalue weighted by molar-refractivity contribution is 0.0725. The van der Waals surface area contributed by atoms with Gasteiger partial charge >= 0.3 is 0 Å². The van der Waals surface area contributed by atoms with Gasteiger partial charge in [-0.05, 0) is 30.7 Å². The number of hydrazine groups is 1. The van der Waals surface area contributed by atoms with E-state index in [9.17, 15) is 10.2 Å². The maximum atomic E-state index is 10.2. The Morgan fingerprint density at radius 2 is 1.94 bits per heavy atom. The fourth-order valence-electron chi connectivity index (χ4n) is 2.23. The lowest BCUT2D eigenvalue weighted by Gasteiger charge is -2.30. The topological polar surface area (TPSA) is 46.9 Å². The third kappa shape index (κ3) is 1.96. The van der Waals surface area contributed by atoms with Crippen LogP contribution in [0.2, 0.25) is 0 Å². The highest BCUT2D eigenvalue weighted by atomic mass is 16.3. The van der Waals surface area contributed by atoms with Gasteiger partial charge in [0.1, 0.15) is 5.76 Å². The smallest absolute Gasteiger partial charge is 0.147 e. The maximum Gasteiger partial charge on any atom is 0.147 e. The summed E-state index contributed by atoms with van der Waals surface area (Å²) in [6, 6.07) is 0. The van der Waals surface area contributed by atoms with Crippen LogP contribution in [0.25, 0.3) is 0 Å². The highest BCUT2D eigenvalue weighted by Crippen LogP contribution is 2.37. The summed E-state index contributed by atoms with van der Waals surface area (Å²) < 4.78 is 0. The normalized spacial score (nSPS) is 18.9. The lowest BCUT2D eigenvalue weighted by Crippen LogP contribution is -2.35. The molecule has 0 atom stereocenters. The van der Waals surface area contributed by atoms with Crippen molar-refractivity contribution in [3.8, 4) is 0 Å². The minimum absolute atomic E-state index is 0.291. The van der Waals surface area contributed by atoms with Crippen molar-refractivity contribution >= 4 is 0 Å². The molecule has 0 heterocycles. The molecule has 0 bridgehead atoms. The molecule has 4 nitrogen and oxygen atoms in total. The molecule has 2 aliphatic rings. The van der Waals surface area contributed by atoms with E-state index in [1.165, 1.54) is 0 Å². The summed E-state index contributed by atoms with van der Waals surface area (Å²) in [6.07, 6.45) is 5.83. The third-order valence-electron chi connectivity index (χ3n) is 3.03. The van der Waals surface area contributed by atoms with Gasteiger partial charge in [0.15, 0.2) is 0 Å². The van der Waals surface area contributed by atoms with Crippen molar-refractivity contribution in [2.75, 3.05) is 20.6 Å². The number of likely N-dealkylation sites (N-methyl/N-ethyl adjacent to an activating group) is 1. The minimum Gasteiger partial charge on any atom is -0.512 e. The van der Waals surface area contributed by atoms with Gasteiger partial charge in [0, 0.05) is 32.6 Å². The van der Waals surface area contributed by atoms with Crippen molar-refractivity contribution in [2.24, 2.45) is 0 Å². The number of rotatable bonds is 3. The zero-order valence-corrected chi connectivity index (χ0v) is 10.4. The second kappa shape index (κ2) is 4.30. The van der Waals surface area contributed by atoms with E-state index in [2.05, 4.69) is 0 Å². The molecule has 2 rings (SSSR count). The van der Waals surface area contributed by atoms with Crippen molar-refractivity contribution < 1.29 is 10.2 Å². The van der Waals surface area contributed by atoms with Gasteiger partial charge in [-0.25, -0.2) is 5.01 Å². The zero-order chi connectivity index (χ0) is 12.6. The van der Waals surface area contributed by atoms with E-state index in [0.29, 0.717) is 17.9 Å². The first kappa shape index (κ1) is 11.8. The predicted octanol–water partition coefficient (Wildman–Crippen LogP) is 2.27. The monoisotopic (exact) mass is 234 g/mol. The molecule has 0 aromatic carbocycles. The van der Waals surface area contributed by atoms with Crippen LogP contribution in [0.15, 0.2) is 46.6 Å². The molecule has 0 fully saturated rings. The number of aliphatic hydroxyl groups excluding tert-OH is 2. The molecule has 17 heavy (non-hydrogen) atoms. The average Bonchev–Trinajstić information content (AvgIpc) is 2.56. The first-order valence-electron chi connectivity index (χ1n) is 5.73. The summed E-state index contributed by atoms with van der Waals surface area (Å²) in [7, 11) is 3.88. The van der Waals surface area contributed by atoms with Crippen LogP contribution in [0, 0.1) is 0 Å². The van der Waals surface area contributed by atoms with Gasteiger partial charge in [0.05, 0.1) is 11.5 Å². The number of aliphatic hydroxyl groups is 2. The number of allylic oxidation sites excluding steroid dienone is 5. The second-order valence-electron chi connectivity index (χ2n) is 4.38. The predicted molar refractivity (Wildman–Crippen MR) is 67.2 cm³/mol. The second-order valence-corrected chi connectivity index (χ2v) is 4.38. The van der Waals surface area contributed by atoms with Gasteiger partial charge in [-0.3, -0.25) is 0 Å². The zero-order valence-electron chi connectivity index (χ0n) is 10.4. The van der Waals surface area contributed by atoms with Crippen LogP contribution in [-0.4, -0.2) is 40.9 Å². The van der Waals surface area contributed by atoms with Gasteiger partial charge in [-0.15, -0.1) is 0 Å². The van der Waals surface area contributed by atoms with Crippen molar-refractivity contribution in [1.29, 1.82) is 0 Å². The van der Waals surface area contributed by atoms with E-state index in [4.69, 9.17) is 0 Å². The first-order chi connectivity index (χ1) is 8.04. The van der Waals surface area contributed by atoms with E-state index in [0.717, 1.165) is 23.4 Å². The van der Waals surface area contributed by atoms with Gasteiger partial charge in [-0.1, -0.05) is 0 Å². The molecular formula is C13H18N2O2. The van der Waals surface area contributed by atoms with Crippen LogP contribution in [-0.2, 0) is 0 Å². The Morgan fingerprint density at radius 3 is 2.53 bits per heavy atom. The molecule has 2 aliphatic carbocycles. The Morgan fingerprint density at radius 1 is 1.24 bits per heavy atom. The Bertz CT molecular complexity index is 456. The number of hydrogen-bond donors (Lipinski definition) is 2. The molecule has 0 aromatic rings. The molecule has 92 valence electrons. The summed E-state index contributed by atoms with van der Waals surface area (Å²) in [6.45, 7) is 2.81. The van der Waals surface area contributed by atoms with Crippen molar-refractivity contribution in [1.82, 2.24) is 10.0 Å². The minimum atomic E-state index is 0.291. The van der Waals surface area contributed by atoms with Crippen LogP contribution in [0.3, 0.4) is 0 Å².